The highest BCUT2D eigenvalue weighted by Gasteiger charge is 2.22. The molecular formula is C20H18FN3O. The van der Waals surface area contributed by atoms with E-state index in [9.17, 15) is 4.39 Å². The number of aromatic nitrogens is 2. The van der Waals surface area contributed by atoms with Crippen molar-refractivity contribution in [2.45, 2.75) is 25.8 Å². The molecule has 1 atom stereocenters. The summed E-state index contributed by atoms with van der Waals surface area (Å²) in [5, 5.41) is 11.4. The van der Waals surface area contributed by atoms with E-state index >= 15 is 0 Å². The van der Waals surface area contributed by atoms with Crippen LogP contribution in [0.1, 0.15) is 29.3 Å². The van der Waals surface area contributed by atoms with Crippen LogP contribution in [0.15, 0.2) is 54.6 Å². The Morgan fingerprint density at radius 1 is 1.04 bits per heavy atom. The largest absolute Gasteiger partial charge is 0.438 e. The molecule has 1 aromatic heterocycles. The maximum atomic E-state index is 13.5. The minimum atomic E-state index is -0.185. The first kappa shape index (κ1) is 15.6. The summed E-state index contributed by atoms with van der Waals surface area (Å²) in [6.45, 7) is 1.88. The first-order valence-electron chi connectivity index (χ1n) is 8.30. The lowest BCUT2D eigenvalue weighted by atomic mass is 10.1. The zero-order valence-electron chi connectivity index (χ0n) is 13.9. The Morgan fingerprint density at radius 2 is 1.88 bits per heavy atom. The Hall–Kier alpha value is -2.95. The molecule has 1 aliphatic carbocycles. The second-order valence-corrected chi connectivity index (χ2v) is 6.22. The Kier molecular flexibility index (Phi) is 4.06. The topological polar surface area (TPSA) is 47.0 Å². The molecule has 5 heteroatoms. The van der Waals surface area contributed by atoms with Crippen LogP contribution in [0.2, 0.25) is 0 Å². The van der Waals surface area contributed by atoms with Crippen molar-refractivity contribution in [3.63, 3.8) is 0 Å². The molecule has 25 heavy (non-hydrogen) atoms. The van der Waals surface area contributed by atoms with Gasteiger partial charge < -0.3 is 10.1 Å². The summed E-state index contributed by atoms with van der Waals surface area (Å²) in [5.74, 6) is 0.975. The van der Waals surface area contributed by atoms with E-state index in [0.29, 0.717) is 11.6 Å². The van der Waals surface area contributed by atoms with Crippen LogP contribution in [-0.2, 0) is 6.42 Å². The van der Waals surface area contributed by atoms with Gasteiger partial charge in [0.2, 0.25) is 5.88 Å². The van der Waals surface area contributed by atoms with E-state index < -0.39 is 0 Å². The Balaban J connectivity index is 1.45. The summed E-state index contributed by atoms with van der Waals surface area (Å²) < 4.78 is 19.2. The van der Waals surface area contributed by atoms with Gasteiger partial charge in [0.25, 0.3) is 0 Å². The fraction of sp³-hybridized carbons (Fsp3) is 0.200. The summed E-state index contributed by atoms with van der Waals surface area (Å²) in [4.78, 5) is 0. The molecule has 4 nitrogen and oxygen atoms in total. The fourth-order valence-corrected chi connectivity index (χ4v) is 3.11. The number of nitrogens with zero attached hydrogens (tertiary/aromatic N) is 2. The molecule has 126 valence electrons. The quantitative estimate of drug-likeness (QED) is 0.743. The third-order valence-corrected chi connectivity index (χ3v) is 4.38. The molecule has 1 N–H and O–H groups in total. The van der Waals surface area contributed by atoms with Crippen LogP contribution in [0, 0.1) is 12.7 Å². The minimum Gasteiger partial charge on any atom is -0.438 e. The molecule has 0 saturated carbocycles. The Morgan fingerprint density at radius 3 is 2.64 bits per heavy atom. The number of halogens is 1. The first-order chi connectivity index (χ1) is 12.2. The van der Waals surface area contributed by atoms with Crippen molar-refractivity contribution < 1.29 is 9.13 Å². The second-order valence-electron chi connectivity index (χ2n) is 6.22. The number of anilines is 1. The van der Waals surface area contributed by atoms with Crippen molar-refractivity contribution in [3.8, 4) is 11.6 Å². The highest BCUT2D eigenvalue weighted by molar-refractivity contribution is 5.50. The van der Waals surface area contributed by atoms with Crippen molar-refractivity contribution in [1.29, 1.82) is 0 Å². The molecule has 3 aromatic rings. The van der Waals surface area contributed by atoms with Crippen molar-refractivity contribution in [1.82, 2.24) is 10.2 Å². The number of benzene rings is 2. The van der Waals surface area contributed by atoms with Crippen LogP contribution < -0.4 is 10.1 Å². The molecule has 0 spiro atoms. The van der Waals surface area contributed by atoms with Gasteiger partial charge >= 0.3 is 0 Å². The summed E-state index contributed by atoms with van der Waals surface area (Å²) in [6, 6.07) is 16.5. The molecule has 1 heterocycles. The lowest BCUT2D eigenvalue weighted by Crippen LogP contribution is -2.07. The molecule has 0 radical (unpaired) electrons. The molecule has 0 aliphatic heterocycles. The van der Waals surface area contributed by atoms with E-state index in [0.717, 1.165) is 29.8 Å². The van der Waals surface area contributed by atoms with E-state index in [1.54, 1.807) is 12.1 Å². The van der Waals surface area contributed by atoms with Gasteiger partial charge in [0.1, 0.15) is 11.6 Å². The van der Waals surface area contributed by atoms with E-state index in [2.05, 4.69) is 15.5 Å². The molecule has 0 fully saturated rings. The molecule has 0 unspecified atom stereocenters. The summed E-state index contributed by atoms with van der Waals surface area (Å²) in [5.41, 5.74) is 4.09. The zero-order chi connectivity index (χ0) is 17.2. The highest BCUT2D eigenvalue weighted by atomic mass is 19.1. The standard InChI is InChI=1S/C20H18FN3O/c1-13-2-11-20(24-23-13)25-17-8-6-16(7-9-17)22-19-10-4-14-3-5-15(21)12-18(14)19/h2-3,5-9,11-12,19,22H,4,10H2,1H3/t19-/m1/s1. The third kappa shape index (κ3) is 3.45. The molecule has 4 rings (SSSR count). The van der Waals surface area contributed by atoms with Crippen LogP contribution >= 0.6 is 0 Å². The van der Waals surface area contributed by atoms with Crippen LogP contribution in [0.3, 0.4) is 0 Å². The lowest BCUT2D eigenvalue weighted by molar-refractivity contribution is 0.454. The van der Waals surface area contributed by atoms with Gasteiger partial charge in [0.15, 0.2) is 0 Å². The van der Waals surface area contributed by atoms with Gasteiger partial charge in [-0.15, -0.1) is 5.10 Å². The maximum absolute atomic E-state index is 13.5. The molecule has 0 bridgehead atoms. The predicted octanol–water partition coefficient (Wildman–Crippen LogP) is 4.82. The first-order valence-corrected chi connectivity index (χ1v) is 8.30. The number of fused-ring (bicyclic) bond motifs is 1. The highest BCUT2D eigenvalue weighted by Crippen LogP contribution is 2.34. The Bertz CT molecular complexity index is 878. The molecule has 0 amide bonds. The van der Waals surface area contributed by atoms with Crippen molar-refractivity contribution >= 4 is 5.69 Å². The van der Waals surface area contributed by atoms with Gasteiger partial charge in [-0.05, 0) is 73.4 Å². The monoisotopic (exact) mass is 335 g/mol. The average molecular weight is 335 g/mol. The SMILES string of the molecule is Cc1ccc(Oc2ccc(N[C@@H]3CCc4ccc(F)cc43)cc2)nn1. The minimum absolute atomic E-state index is 0.139. The number of hydrogen-bond acceptors (Lipinski definition) is 4. The summed E-state index contributed by atoms with van der Waals surface area (Å²) in [6.07, 6.45) is 1.94. The smallest absolute Gasteiger partial charge is 0.238 e. The van der Waals surface area contributed by atoms with Crippen molar-refractivity contribution in [2.75, 3.05) is 5.32 Å². The van der Waals surface area contributed by atoms with Gasteiger partial charge in [-0.1, -0.05) is 6.07 Å². The Labute approximate surface area is 145 Å². The van der Waals surface area contributed by atoms with E-state index in [1.165, 1.54) is 11.6 Å². The summed E-state index contributed by atoms with van der Waals surface area (Å²) >= 11 is 0. The third-order valence-electron chi connectivity index (χ3n) is 4.38. The number of rotatable bonds is 4. The van der Waals surface area contributed by atoms with Crippen molar-refractivity contribution in [3.05, 3.63) is 77.2 Å². The van der Waals surface area contributed by atoms with Gasteiger partial charge in [-0.25, -0.2) is 4.39 Å². The van der Waals surface area contributed by atoms with Crippen molar-refractivity contribution in [2.24, 2.45) is 0 Å². The fourth-order valence-electron chi connectivity index (χ4n) is 3.11. The van der Waals surface area contributed by atoms with Crippen LogP contribution in [0.4, 0.5) is 10.1 Å². The molecule has 2 aromatic carbocycles. The number of hydrogen-bond donors (Lipinski definition) is 1. The average Bonchev–Trinajstić information content (AvgIpc) is 3.01. The van der Waals surface area contributed by atoms with E-state index in [4.69, 9.17) is 4.74 Å². The maximum Gasteiger partial charge on any atom is 0.238 e. The van der Waals surface area contributed by atoms with Crippen LogP contribution in [0.25, 0.3) is 0 Å². The molecule has 1 aliphatic rings. The lowest BCUT2D eigenvalue weighted by Gasteiger charge is -2.16. The normalized spacial score (nSPS) is 15.7. The molecule has 0 saturated heterocycles. The van der Waals surface area contributed by atoms with Gasteiger partial charge in [0.05, 0.1) is 11.7 Å². The number of nitrogens with one attached hydrogen (secondary N) is 1. The van der Waals surface area contributed by atoms with E-state index in [-0.39, 0.29) is 11.9 Å². The second kappa shape index (κ2) is 6.51. The van der Waals surface area contributed by atoms with Gasteiger partial charge in [-0.3, -0.25) is 0 Å². The zero-order valence-corrected chi connectivity index (χ0v) is 13.9. The van der Waals surface area contributed by atoms with Crippen LogP contribution in [0.5, 0.6) is 11.6 Å². The van der Waals surface area contributed by atoms with Gasteiger partial charge in [-0.2, -0.15) is 5.10 Å². The number of aryl methyl sites for hydroxylation is 2. The van der Waals surface area contributed by atoms with E-state index in [1.807, 2.05) is 43.3 Å². The molecular weight excluding hydrogens is 317 g/mol. The van der Waals surface area contributed by atoms with Crippen LogP contribution in [-0.4, -0.2) is 10.2 Å². The van der Waals surface area contributed by atoms with Gasteiger partial charge in [0, 0.05) is 11.8 Å². The predicted molar refractivity (Wildman–Crippen MR) is 94.4 cm³/mol. The number of ether oxygens (including phenoxy) is 1. The summed E-state index contributed by atoms with van der Waals surface area (Å²) in [7, 11) is 0.